The number of piperazine rings is 1. The minimum atomic E-state index is -3.73. The first-order valence-electron chi connectivity index (χ1n) is 10.2. The maximum absolute atomic E-state index is 13.2. The summed E-state index contributed by atoms with van der Waals surface area (Å²) >= 11 is 8.17. The molecule has 1 unspecified atom stereocenters. The molecule has 1 N–H and O–H groups in total. The second kappa shape index (κ2) is 10.1. The van der Waals surface area contributed by atoms with Crippen molar-refractivity contribution in [1.82, 2.24) is 14.2 Å². The van der Waals surface area contributed by atoms with E-state index in [1.807, 2.05) is 0 Å². The van der Waals surface area contributed by atoms with Crippen molar-refractivity contribution in [3.63, 3.8) is 0 Å². The molecule has 0 aliphatic carbocycles. The highest BCUT2D eigenvalue weighted by atomic mass is 35.5. The van der Waals surface area contributed by atoms with Gasteiger partial charge >= 0.3 is 0 Å². The smallest absolute Gasteiger partial charge is 0.253 e. The summed E-state index contributed by atoms with van der Waals surface area (Å²) in [6.07, 6.45) is 3.56. The Bertz CT molecular complexity index is 1050. The minimum Gasteiger partial charge on any atom is -0.381 e. The number of anilines is 1. The molecule has 4 rings (SSSR count). The molecular formula is C19H23ClN4O5S3. The minimum absolute atomic E-state index is 0.132. The fourth-order valence-electron chi connectivity index (χ4n) is 3.91. The molecule has 4 heterocycles. The average molecular weight is 519 g/mol. The van der Waals surface area contributed by atoms with E-state index in [0.717, 1.165) is 35.5 Å². The molecule has 9 nitrogen and oxygen atoms in total. The molecule has 0 bridgehead atoms. The lowest BCUT2D eigenvalue weighted by molar-refractivity contribution is -0.142. The van der Waals surface area contributed by atoms with E-state index in [4.69, 9.17) is 16.3 Å². The third-order valence-electron chi connectivity index (χ3n) is 5.60. The topological polar surface area (TPSA) is 109 Å². The van der Waals surface area contributed by atoms with Gasteiger partial charge in [0.05, 0.1) is 12.7 Å². The largest absolute Gasteiger partial charge is 0.381 e. The van der Waals surface area contributed by atoms with Crippen LogP contribution in [0.25, 0.3) is 0 Å². The van der Waals surface area contributed by atoms with Crippen molar-refractivity contribution in [2.24, 2.45) is 5.92 Å². The van der Waals surface area contributed by atoms with Crippen molar-refractivity contribution in [2.75, 3.05) is 38.2 Å². The number of thiophene rings is 1. The quantitative estimate of drug-likeness (QED) is 0.603. The van der Waals surface area contributed by atoms with E-state index in [9.17, 15) is 18.0 Å². The Kier molecular flexibility index (Phi) is 7.47. The number of ether oxygens (including phenoxy) is 1. The number of amides is 2. The first kappa shape index (κ1) is 23.6. The molecule has 13 heteroatoms. The molecule has 0 radical (unpaired) electrons. The van der Waals surface area contributed by atoms with Crippen LogP contribution in [0.4, 0.5) is 5.13 Å². The van der Waals surface area contributed by atoms with Gasteiger partial charge in [-0.1, -0.05) is 29.0 Å². The Labute approximate surface area is 199 Å². The van der Waals surface area contributed by atoms with Crippen LogP contribution in [0.15, 0.2) is 27.9 Å². The summed E-state index contributed by atoms with van der Waals surface area (Å²) in [5.74, 6) is -0.494. The van der Waals surface area contributed by atoms with Crippen LogP contribution in [-0.2, 0) is 24.3 Å². The van der Waals surface area contributed by atoms with Gasteiger partial charge in [0.2, 0.25) is 11.8 Å². The zero-order valence-corrected chi connectivity index (χ0v) is 20.3. The van der Waals surface area contributed by atoms with Crippen LogP contribution in [0.5, 0.6) is 0 Å². The van der Waals surface area contributed by atoms with Gasteiger partial charge in [-0.15, -0.1) is 11.3 Å². The maximum Gasteiger partial charge on any atom is 0.253 e. The average Bonchev–Trinajstić information content (AvgIpc) is 3.45. The number of hydrogen-bond acceptors (Lipinski definition) is 8. The van der Waals surface area contributed by atoms with Gasteiger partial charge in [0, 0.05) is 26.3 Å². The van der Waals surface area contributed by atoms with Gasteiger partial charge in [0.1, 0.15) is 14.6 Å². The Morgan fingerprint density at radius 3 is 2.75 bits per heavy atom. The maximum atomic E-state index is 13.2. The Hall–Kier alpha value is -1.57. The molecule has 0 saturated carbocycles. The van der Waals surface area contributed by atoms with Crippen molar-refractivity contribution in [1.29, 1.82) is 0 Å². The molecule has 2 aliphatic rings. The summed E-state index contributed by atoms with van der Waals surface area (Å²) in [5.41, 5.74) is 0. The molecule has 2 amide bonds. The number of nitrogens with one attached hydrogen (secondary N) is 1. The molecule has 32 heavy (non-hydrogen) atoms. The third-order valence-corrected chi connectivity index (χ3v) is 9.84. The number of carbonyl (C=O) groups is 2. The fourth-order valence-corrected chi connectivity index (χ4v) is 7.25. The van der Waals surface area contributed by atoms with Crippen molar-refractivity contribution >= 4 is 61.2 Å². The van der Waals surface area contributed by atoms with Crippen molar-refractivity contribution in [3.8, 4) is 0 Å². The third kappa shape index (κ3) is 5.32. The van der Waals surface area contributed by atoms with Crippen LogP contribution in [0.2, 0.25) is 4.34 Å². The van der Waals surface area contributed by atoms with Crippen molar-refractivity contribution in [3.05, 3.63) is 28.0 Å². The number of nitrogens with zero attached hydrogens (tertiary/aromatic N) is 3. The van der Waals surface area contributed by atoms with Gasteiger partial charge in [0.15, 0.2) is 5.13 Å². The van der Waals surface area contributed by atoms with Crippen LogP contribution in [0.3, 0.4) is 0 Å². The predicted molar refractivity (Wildman–Crippen MR) is 122 cm³/mol. The van der Waals surface area contributed by atoms with Crippen LogP contribution < -0.4 is 5.32 Å². The monoisotopic (exact) mass is 518 g/mol. The molecule has 0 spiro atoms. The van der Waals surface area contributed by atoms with Gasteiger partial charge in [-0.3, -0.25) is 9.59 Å². The van der Waals surface area contributed by atoms with Gasteiger partial charge < -0.3 is 15.0 Å². The highest BCUT2D eigenvalue weighted by Gasteiger charge is 2.39. The Morgan fingerprint density at radius 1 is 1.34 bits per heavy atom. The van der Waals surface area contributed by atoms with Crippen LogP contribution in [0, 0.1) is 5.92 Å². The van der Waals surface area contributed by atoms with Crippen LogP contribution >= 0.6 is 34.3 Å². The zero-order chi connectivity index (χ0) is 22.7. The van der Waals surface area contributed by atoms with E-state index in [1.54, 1.807) is 11.4 Å². The molecular weight excluding hydrogens is 496 g/mol. The first-order valence-corrected chi connectivity index (χ1v) is 13.7. The standard InChI is InChI=1S/C19H23ClN4O5S3/c20-15-11-21-19(31-15)22-18(26)14(10-13-3-7-29-8-4-13)24-6-5-23(12-16(24)25)32(27,28)17-2-1-9-30-17/h1-2,9,11,13-14H,3-8,10,12H2,(H,21,22,26). The number of carbonyl (C=O) groups excluding carboxylic acids is 2. The first-order chi connectivity index (χ1) is 15.3. The number of hydrogen-bond donors (Lipinski definition) is 1. The van der Waals surface area contributed by atoms with E-state index < -0.39 is 16.1 Å². The predicted octanol–water partition coefficient (Wildman–Crippen LogP) is 2.51. The summed E-state index contributed by atoms with van der Waals surface area (Å²) in [4.78, 5) is 31.8. The number of halogens is 1. The normalized spacial score (nSPS) is 19.8. The fraction of sp³-hybridized carbons (Fsp3) is 0.526. The van der Waals surface area contributed by atoms with Gasteiger partial charge in [-0.25, -0.2) is 13.4 Å². The second-order valence-corrected chi connectivity index (χ2v) is 12.4. The van der Waals surface area contributed by atoms with Gasteiger partial charge in [-0.05, 0) is 36.6 Å². The van der Waals surface area contributed by atoms with E-state index in [-0.39, 0.29) is 41.6 Å². The highest BCUT2D eigenvalue weighted by Crippen LogP contribution is 2.28. The number of sulfonamides is 1. The van der Waals surface area contributed by atoms with E-state index in [2.05, 4.69) is 10.3 Å². The van der Waals surface area contributed by atoms with Crippen molar-refractivity contribution in [2.45, 2.75) is 29.5 Å². The zero-order valence-electron chi connectivity index (χ0n) is 17.1. The molecule has 2 aromatic heterocycles. The highest BCUT2D eigenvalue weighted by molar-refractivity contribution is 7.91. The SMILES string of the molecule is O=C(Nc1ncc(Cl)s1)C(CC1CCOCC1)N1CCN(S(=O)(=O)c2cccs2)CC1=O. The molecule has 2 saturated heterocycles. The summed E-state index contributed by atoms with van der Waals surface area (Å²) in [7, 11) is -3.73. The molecule has 0 aromatic carbocycles. The van der Waals surface area contributed by atoms with Crippen LogP contribution in [0.1, 0.15) is 19.3 Å². The molecule has 2 aromatic rings. The molecule has 2 aliphatic heterocycles. The molecule has 174 valence electrons. The van der Waals surface area contributed by atoms with Crippen molar-refractivity contribution < 1.29 is 22.7 Å². The summed E-state index contributed by atoms with van der Waals surface area (Å²) in [6.45, 7) is 1.24. The van der Waals surface area contributed by atoms with E-state index in [1.165, 1.54) is 21.5 Å². The summed E-state index contributed by atoms with van der Waals surface area (Å²) in [6, 6.07) is 2.46. The van der Waals surface area contributed by atoms with Gasteiger partial charge in [0.25, 0.3) is 10.0 Å². The second-order valence-electron chi connectivity index (χ2n) is 7.62. The van der Waals surface area contributed by atoms with Crippen LogP contribution in [-0.4, -0.2) is 73.3 Å². The Balaban J connectivity index is 1.50. The number of thiazole rings is 1. The van der Waals surface area contributed by atoms with Gasteiger partial charge in [-0.2, -0.15) is 4.31 Å². The summed E-state index contributed by atoms with van der Waals surface area (Å²) < 4.78 is 32.9. The molecule has 1 atom stereocenters. The van der Waals surface area contributed by atoms with E-state index >= 15 is 0 Å². The lowest BCUT2D eigenvalue weighted by atomic mass is 9.91. The lowest BCUT2D eigenvalue weighted by Crippen LogP contribution is -2.58. The number of rotatable bonds is 7. The number of aromatic nitrogens is 1. The summed E-state index contributed by atoms with van der Waals surface area (Å²) in [5, 5.41) is 4.81. The molecule has 2 fully saturated rings. The van der Waals surface area contributed by atoms with E-state index in [0.29, 0.717) is 29.1 Å². The lowest BCUT2D eigenvalue weighted by Gasteiger charge is -2.39. The Morgan fingerprint density at radius 2 is 2.12 bits per heavy atom.